The highest BCUT2D eigenvalue weighted by Gasteiger charge is 2.47. The minimum absolute atomic E-state index is 0.151. The summed E-state index contributed by atoms with van der Waals surface area (Å²) in [6, 6.07) is 6.90. The summed E-state index contributed by atoms with van der Waals surface area (Å²) in [5.41, 5.74) is 0.199. The highest BCUT2D eigenvalue weighted by molar-refractivity contribution is 6.36. The first-order valence-electron chi connectivity index (χ1n) is 8.90. The largest absolute Gasteiger partial charge is 0.354 e. The summed E-state index contributed by atoms with van der Waals surface area (Å²) in [6.07, 6.45) is 4.29. The summed E-state index contributed by atoms with van der Waals surface area (Å²) < 4.78 is 6.05. The van der Waals surface area contributed by atoms with Crippen molar-refractivity contribution < 1.29 is 9.53 Å². The minimum atomic E-state index is -0.650. The summed E-state index contributed by atoms with van der Waals surface area (Å²) in [7, 11) is 0. The quantitative estimate of drug-likeness (QED) is 0.746. The predicted octanol–water partition coefficient (Wildman–Crippen LogP) is 3.12. The van der Waals surface area contributed by atoms with E-state index in [0.717, 1.165) is 0 Å². The van der Waals surface area contributed by atoms with Crippen LogP contribution in [0.25, 0.3) is 0 Å². The molecule has 1 aromatic carbocycles. The molecule has 3 heterocycles. The number of piperidine rings is 1. The molecule has 1 aromatic heterocycles. The Hall–Kier alpha value is -2.40. The third-order valence-electron chi connectivity index (χ3n) is 5.18. The standard InChI is InChI=1S/C19H17Cl2N5O2/c20-14-1-2-15(16(21)9-14)17(27)26-7-8-28-19(26)3-5-25(6-4-19)18-23-11-13(10-22)12-24-18/h1-2,9,11-12H,3-8H2. The van der Waals surface area contributed by atoms with Gasteiger partial charge in [-0.2, -0.15) is 5.26 Å². The lowest BCUT2D eigenvalue weighted by molar-refractivity contribution is -0.0837. The van der Waals surface area contributed by atoms with E-state index in [9.17, 15) is 4.79 Å². The average Bonchev–Trinajstić information content (AvgIpc) is 3.11. The number of carbonyl (C=O) groups excluding carboxylic acids is 1. The second kappa shape index (κ2) is 7.55. The van der Waals surface area contributed by atoms with E-state index in [1.807, 2.05) is 11.0 Å². The van der Waals surface area contributed by atoms with Crippen molar-refractivity contribution >= 4 is 35.1 Å². The Kier molecular flexibility index (Phi) is 5.11. The summed E-state index contributed by atoms with van der Waals surface area (Å²) >= 11 is 12.2. The van der Waals surface area contributed by atoms with E-state index in [0.29, 0.717) is 66.2 Å². The van der Waals surface area contributed by atoms with Crippen molar-refractivity contribution in [3.8, 4) is 6.07 Å². The van der Waals surface area contributed by atoms with E-state index < -0.39 is 5.72 Å². The molecule has 1 spiro atoms. The smallest absolute Gasteiger partial charge is 0.257 e. The highest BCUT2D eigenvalue weighted by atomic mass is 35.5. The third kappa shape index (κ3) is 3.39. The van der Waals surface area contributed by atoms with Crippen LogP contribution >= 0.6 is 23.2 Å². The van der Waals surface area contributed by atoms with Crippen LogP contribution in [0, 0.1) is 11.3 Å². The third-order valence-corrected chi connectivity index (χ3v) is 5.73. The normalized spacial score (nSPS) is 18.3. The second-order valence-electron chi connectivity index (χ2n) is 6.75. The van der Waals surface area contributed by atoms with Crippen LogP contribution in [-0.2, 0) is 4.74 Å². The van der Waals surface area contributed by atoms with Crippen molar-refractivity contribution in [1.82, 2.24) is 14.9 Å². The fraction of sp³-hybridized carbons (Fsp3) is 0.368. The molecule has 0 saturated carbocycles. The number of halogens is 2. The van der Waals surface area contributed by atoms with Gasteiger partial charge in [0.05, 0.1) is 35.2 Å². The molecule has 0 N–H and O–H groups in total. The molecule has 4 rings (SSSR count). The van der Waals surface area contributed by atoms with E-state index in [4.69, 9.17) is 33.2 Å². The predicted molar refractivity (Wildman–Crippen MR) is 104 cm³/mol. The number of ether oxygens (including phenoxy) is 1. The van der Waals surface area contributed by atoms with Gasteiger partial charge in [-0.25, -0.2) is 9.97 Å². The molecule has 0 atom stereocenters. The fourth-order valence-electron chi connectivity index (χ4n) is 3.72. The monoisotopic (exact) mass is 417 g/mol. The van der Waals surface area contributed by atoms with Crippen LogP contribution < -0.4 is 4.90 Å². The zero-order chi connectivity index (χ0) is 19.7. The molecule has 2 aromatic rings. The number of carbonyl (C=O) groups is 1. The van der Waals surface area contributed by atoms with Crippen LogP contribution in [0.2, 0.25) is 10.0 Å². The lowest BCUT2D eigenvalue weighted by Gasteiger charge is -2.43. The summed E-state index contributed by atoms with van der Waals surface area (Å²) in [4.78, 5) is 25.4. The van der Waals surface area contributed by atoms with E-state index in [2.05, 4.69) is 9.97 Å². The number of benzene rings is 1. The first-order chi connectivity index (χ1) is 13.5. The van der Waals surface area contributed by atoms with Crippen molar-refractivity contribution in [2.45, 2.75) is 18.6 Å². The molecule has 2 saturated heterocycles. The summed E-state index contributed by atoms with van der Waals surface area (Å²) in [5.74, 6) is 0.424. The average molecular weight is 418 g/mol. The van der Waals surface area contributed by atoms with Crippen LogP contribution in [0.15, 0.2) is 30.6 Å². The SMILES string of the molecule is N#Cc1cnc(N2CCC3(CC2)OCCN3C(=O)c2ccc(Cl)cc2Cl)nc1. The first-order valence-corrected chi connectivity index (χ1v) is 9.66. The number of nitriles is 1. The van der Waals surface area contributed by atoms with E-state index in [1.54, 1.807) is 23.1 Å². The van der Waals surface area contributed by atoms with Crippen LogP contribution in [0.4, 0.5) is 5.95 Å². The summed E-state index contributed by atoms with van der Waals surface area (Å²) in [5, 5.41) is 9.70. The van der Waals surface area contributed by atoms with Crippen molar-refractivity contribution in [3.05, 3.63) is 51.8 Å². The Labute approximate surface area is 172 Å². The van der Waals surface area contributed by atoms with Crippen molar-refractivity contribution in [2.75, 3.05) is 31.1 Å². The van der Waals surface area contributed by atoms with Crippen molar-refractivity contribution in [3.63, 3.8) is 0 Å². The molecule has 9 heteroatoms. The zero-order valence-electron chi connectivity index (χ0n) is 14.9. The molecule has 144 valence electrons. The van der Waals surface area contributed by atoms with Crippen molar-refractivity contribution in [2.24, 2.45) is 0 Å². The Bertz CT molecular complexity index is 936. The number of amides is 1. The van der Waals surface area contributed by atoms with Gasteiger partial charge in [0.15, 0.2) is 0 Å². The Morgan fingerprint density at radius 2 is 1.89 bits per heavy atom. The maximum absolute atomic E-state index is 13.1. The van der Waals surface area contributed by atoms with Crippen molar-refractivity contribution in [1.29, 1.82) is 5.26 Å². The van der Waals surface area contributed by atoms with Gasteiger partial charge >= 0.3 is 0 Å². The lowest BCUT2D eigenvalue weighted by atomic mass is 9.98. The zero-order valence-corrected chi connectivity index (χ0v) is 16.4. The van der Waals surface area contributed by atoms with Crippen LogP contribution in [0.5, 0.6) is 0 Å². The van der Waals surface area contributed by atoms with Gasteiger partial charge in [0.2, 0.25) is 5.95 Å². The van der Waals surface area contributed by atoms with Gasteiger partial charge in [-0.1, -0.05) is 23.2 Å². The second-order valence-corrected chi connectivity index (χ2v) is 7.59. The number of anilines is 1. The molecule has 28 heavy (non-hydrogen) atoms. The van der Waals surface area contributed by atoms with E-state index in [-0.39, 0.29) is 5.91 Å². The molecule has 2 aliphatic heterocycles. The van der Waals surface area contributed by atoms with Gasteiger partial charge in [0, 0.05) is 37.5 Å². The van der Waals surface area contributed by atoms with E-state index in [1.165, 1.54) is 12.4 Å². The number of nitrogens with zero attached hydrogens (tertiary/aromatic N) is 5. The fourth-order valence-corrected chi connectivity index (χ4v) is 4.21. The first kappa shape index (κ1) is 18.9. The Morgan fingerprint density at radius 1 is 1.18 bits per heavy atom. The molecular formula is C19H17Cl2N5O2. The summed E-state index contributed by atoms with van der Waals surface area (Å²) in [6.45, 7) is 2.30. The lowest BCUT2D eigenvalue weighted by Crippen LogP contribution is -2.55. The van der Waals surface area contributed by atoms with Gasteiger partial charge < -0.3 is 14.5 Å². The molecule has 2 fully saturated rings. The molecule has 0 unspecified atom stereocenters. The topological polar surface area (TPSA) is 82.4 Å². The van der Waals surface area contributed by atoms with Crippen LogP contribution in [0.1, 0.15) is 28.8 Å². The van der Waals surface area contributed by atoms with Gasteiger partial charge in [-0.3, -0.25) is 4.79 Å². The van der Waals surface area contributed by atoms with Gasteiger partial charge in [0.25, 0.3) is 5.91 Å². The minimum Gasteiger partial charge on any atom is -0.354 e. The maximum atomic E-state index is 13.1. The molecule has 2 aliphatic rings. The number of hydrogen-bond donors (Lipinski definition) is 0. The molecular weight excluding hydrogens is 401 g/mol. The Balaban J connectivity index is 1.50. The molecule has 0 aliphatic carbocycles. The molecule has 0 bridgehead atoms. The highest BCUT2D eigenvalue weighted by Crippen LogP contribution is 2.37. The number of aromatic nitrogens is 2. The number of rotatable bonds is 2. The maximum Gasteiger partial charge on any atom is 0.257 e. The van der Waals surface area contributed by atoms with Gasteiger partial charge in [-0.05, 0) is 18.2 Å². The molecule has 0 radical (unpaired) electrons. The van der Waals surface area contributed by atoms with Gasteiger partial charge in [0.1, 0.15) is 11.8 Å². The van der Waals surface area contributed by atoms with Gasteiger partial charge in [-0.15, -0.1) is 0 Å². The van der Waals surface area contributed by atoms with E-state index >= 15 is 0 Å². The Morgan fingerprint density at radius 3 is 2.54 bits per heavy atom. The van der Waals surface area contributed by atoms with Crippen LogP contribution in [-0.4, -0.2) is 52.7 Å². The van der Waals surface area contributed by atoms with Crippen LogP contribution in [0.3, 0.4) is 0 Å². The molecule has 7 nitrogen and oxygen atoms in total. The molecule has 1 amide bonds. The number of hydrogen-bond acceptors (Lipinski definition) is 6.